The number of fused-ring (bicyclic) bond motifs is 1. The van der Waals surface area contributed by atoms with Crippen LogP contribution in [0.25, 0.3) is 5.69 Å². The zero-order valence-corrected chi connectivity index (χ0v) is 18.7. The van der Waals surface area contributed by atoms with Crippen molar-refractivity contribution >= 4 is 17.6 Å². The van der Waals surface area contributed by atoms with Gasteiger partial charge in [-0.1, -0.05) is 18.2 Å². The standard InChI is InChI=1S/C23H19F3N4O5/c1-11-8-9-13(10-12(11)2)30-17-16(19(32)28-21(30)34)22(20(33)27-17,23(24,25)26)29-18(31)14-6-4-5-7-15(14)35-3/h4-10H,1-3H3,(H,27,33)(H,29,31)(H,28,32,34)/t22-/m1/s1. The average molecular weight is 488 g/mol. The number of ether oxygens (including phenoxy) is 1. The van der Waals surface area contributed by atoms with Gasteiger partial charge in [0.05, 0.1) is 18.4 Å². The van der Waals surface area contributed by atoms with Crippen molar-refractivity contribution < 1.29 is 27.5 Å². The number of nitrogens with one attached hydrogen (secondary N) is 3. The Hall–Kier alpha value is -4.35. The minimum absolute atomic E-state index is 0.0463. The van der Waals surface area contributed by atoms with Gasteiger partial charge in [-0.15, -0.1) is 0 Å². The number of carbonyl (C=O) groups is 2. The van der Waals surface area contributed by atoms with E-state index in [4.69, 9.17) is 4.74 Å². The molecule has 1 aliphatic heterocycles. The molecule has 4 rings (SSSR count). The summed E-state index contributed by atoms with van der Waals surface area (Å²) in [7, 11) is 1.22. The molecule has 0 aliphatic carbocycles. The van der Waals surface area contributed by atoms with Crippen LogP contribution in [-0.2, 0) is 10.3 Å². The first-order valence-corrected chi connectivity index (χ1v) is 10.2. The fourth-order valence-corrected chi connectivity index (χ4v) is 3.96. The lowest BCUT2D eigenvalue weighted by atomic mass is 9.91. The Bertz CT molecular complexity index is 1490. The first-order chi connectivity index (χ1) is 16.4. The van der Waals surface area contributed by atoms with Crippen molar-refractivity contribution in [3.8, 4) is 11.4 Å². The van der Waals surface area contributed by atoms with Crippen LogP contribution in [0.4, 0.5) is 19.0 Å². The predicted octanol–water partition coefficient (Wildman–Crippen LogP) is 2.29. The molecular weight excluding hydrogens is 469 g/mol. The van der Waals surface area contributed by atoms with Crippen molar-refractivity contribution in [2.24, 2.45) is 0 Å². The smallest absolute Gasteiger partial charge is 0.425 e. The highest BCUT2D eigenvalue weighted by Gasteiger charge is 2.68. The molecule has 1 aromatic heterocycles. The van der Waals surface area contributed by atoms with E-state index in [0.717, 1.165) is 10.1 Å². The predicted molar refractivity (Wildman–Crippen MR) is 119 cm³/mol. The normalized spacial score (nSPS) is 17.0. The second kappa shape index (κ2) is 8.15. The Balaban J connectivity index is 1.99. The molecule has 9 nitrogen and oxygen atoms in total. The largest absolute Gasteiger partial charge is 0.496 e. The minimum atomic E-state index is -5.46. The van der Waals surface area contributed by atoms with Gasteiger partial charge in [0.2, 0.25) is 0 Å². The number of hydrogen-bond acceptors (Lipinski definition) is 5. The Labute approximate surface area is 195 Å². The monoisotopic (exact) mass is 488 g/mol. The number of aromatic amines is 1. The maximum absolute atomic E-state index is 14.6. The molecule has 0 spiro atoms. The van der Waals surface area contributed by atoms with Crippen LogP contribution in [0.1, 0.15) is 27.0 Å². The van der Waals surface area contributed by atoms with Crippen LogP contribution in [0.2, 0.25) is 0 Å². The Morgan fingerprint density at radius 2 is 1.74 bits per heavy atom. The van der Waals surface area contributed by atoms with Crippen LogP contribution in [0, 0.1) is 13.8 Å². The van der Waals surface area contributed by atoms with Gasteiger partial charge in [-0.3, -0.25) is 19.4 Å². The zero-order valence-electron chi connectivity index (χ0n) is 18.7. The van der Waals surface area contributed by atoms with Crippen LogP contribution in [0.3, 0.4) is 0 Å². The van der Waals surface area contributed by atoms with Gasteiger partial charge in [0.1, 0.15) is 17.1 Å². The molecule has 1 atom stereocenters. The number of methoxy groups -OCH3 is 1. The number of amides is 2. The summed E-state index contributed by atoms with van der Waals surface area (Å²) in [6.07, 6.45) is -5.46. The van der Waals surface area contributed by atoms with Crippen LogP contribution >= 0.6 is 0 Å². The highest BCUT2D eigenvalue weighted by molar-refractivity contribution is 6.10. The van der Waals surface area contributed by atoms with E-state index >= 15 is 0 Å². The van der Waals surface area contributed by atoms with Gasteiger partial charge < -0.3 is 15.4 Å². The van der Waals surface area contributed by atoms with E-state index < -0.39 is 46.2 Å². The lowest BCUT2D eigenvalue weighted by molar-refractivity contribution is -0.196. The number of hydrogen-bond donors (Lipinski definition) is 3. The van der Waals surface area contributed by atoms with E-state index in [9.17, 15) is 32.3 Å². The van der Waals surface area contributed by atoms with Crippen molar-refractivity contribution in [2.45, 2.75) is 25.6 Å². The van der Waals surface area contributed by atoms with Crippen molar-refractivity contribution in [2.75, 3.05) is 12.4 Å². The van der Waals surface area contributed by atoms with Crippen LogP contribution in [-0.4, -0.2) is 34.7 Å². The lowest BCUT2D eigenvalue weighted by Gasteiger charge is -2.30. The van der Waals surface area contributed by atoms with Crippen LogP contribution in [0.5, 0.6) is 5.75 Å². The van der Waals surface area contributed by atoms with E-state index in [1.807, 2.05) is 10.3 Å². The summed E-state index contributed by atoms with van der Waals surface area (Å²) in [5, 5.41) is 3.70. The van der Waals surface area contributed by atoms with Crippen molar-refractivity contribution in [1.29, 1.82) is 0 Å². The topological polar surface area (TPSA) is 122 Å². The van der Waals surface area contributed by atoms with Gasteiger partial charge in [-0.25, -0.2) is 9.36 Å². The van der Waals surface area contributed by atoms with Gasteiger partial charge in [-0.05, 0) is 49.2 Å². The maximum atomic E-state index is 14.6. The fraction of sp³-hybridized carbons (Fsp3) is 0.217. The summed E-state index contributed by atoms with van der Waals surface area (Å²) in [6, 6.07) is 10.0. The second-order valence-electron chi connectivity index (χ2n) is 7.94. The Morgan fingerprint density at radius 1 is 1.06 bits per heavy atom. The molecule has 12 heteroatoms. The summed E-state index contributed by atoms with van der Waals surface area (Å²) in [5.74, 6) is -3.79. The molecule has 0 radical (unpaired) electrons. The molecule has 0 saturated carbocycles. The van der Waals surface area contributed by atoms with Gasteiger partial charge in [0.25, 0.3) is 22.9 Å². The third-order valence-corrected chi connectivity index (χ3v) is 5.89. The molecule has 3 N–H and O–H groups in total. The highest BCUT2D eigenvalue weighted by Crippen LogP contribution is 2.45. The van der Waals surface area contributed by atoms with E-state index in [1.165, 1.54) is 43.5 Å². The number of rotatable bonds is 4. The molecule has 2 aromatic carbocycles. The van der Waals surface area contributed by atoms with E-state index in [1.54, 1.807) is 25.2 Å². The molecule has 0 saturated heterocycles. The van der Waals surface area contributed by atoms with Crippen molar-refractivity contribution in [3.05, 3.63) is 85.6 Å². The van der Waals surface area contributed by atoms with Gasteiger partial charge in [0.15, 0.2) is 0 Å². The molecular formula is C23H19F3N4O5. The first kappa shape index (κ1) is 23.8. The van der Waals surface area contributed by atoms with E-state index in [-0.39, 0.29) is 17.0 Å². The molecule has 0 fully saturated rings. The number of alkyl halides is 3. The number of H-pyrrole nitrogens is 1. The number of aryl methyl sites for hydroxylation is 2. The molecule has 182 valence electrons. The quantitative estimate of drug-likeness (QED) is 0.520. The molecule has 35 heavy (non-hydrogen) atoms. The molecule has 1 aliphatic rings. The molecule has 2 heterocycles. The zero-order chi connectivity index (χ0) is 25.7. The molecule has 3 aromatic rings. The van der Waals surface area contributed by atoms with Crippen molar-refractivity contribution in [1.82, 2.24) is 14.9 Å². The molecule has 0 bridgehead atoms. The number of anilines is 1. The summed E-state index contributed by atoms with van der Waals surface area (Å²) in [5.41, 5.74) is -6.09. The Kier molecular flexibility index (Phi) is 5.54. The third-order valence-electron chi connectivity index (χ3n) is 5.89. The van der Waals surface area contributed by atoms with E-state index in [0.29, 0.717) is 5.56 Å². The lowest BCUT2D eigenvalue weighted by Crippen LogP contribution is -2.62. The number of nitrogens with zero attached hydrogens (tertiary/aromatic N) is 1. The molecule has 2 amide bonds. The first-order valence-electron chi connectivity index (χ1n) is 10.2. The molecule has 0 unspecified atom stereocenters. The minimum Gasteiger partial charge on any atom is -0.496 e. The van der Waals surface area contributed by atoms with Gasteiger partial charge >= 0.3 is 11.9 Å². The second-order valence-corrected chi connectivity index (χ2v) is 7.94. The van der Waals surface area contributed by atoms with Gasteiger partial charge in [-0.2, -0.15) is 13.2 Å². The number of carbonyl (C=O) groups excluding carboxylic acids is 2. The number of halogens is 3. The summed E-state index contributed by atoms with van der Waals surface area (Å²) in [4.78, 5) is 53.1. The van der Waals surface area contributed by atoms with E-state index in [2.05, 4.69) is 0 Å². The summed E-state index contributed by atoms with van der Waals surface area (Å²) < 4.78 is 49.5. The van der Waals surface area contributed by atoms with Crippen LogP contribution in [0.15, 0.2) is 52.1 Å². The highest BCUT2D eigenvalue weighted by atomic mass is 19.4. The average Bonchev–Trinajstić information content (AvgIpc) is 3.09. The number of para-hydroxylation sites is 1. The fourth-order valence-electron chi connectivity index (χ4n) is 3.96. The van der Waals surface area contributed by atoms with Gasteiger partial charge in [0, 0.05) is 0 Å². The number of aromatic nitrogens is 2. The van der Waals surface area contributed by atoms with Crippen LogP contribution < -0.4 is 26.6 Å². The SMILES string of the molecule is COc1ccccc1C(=O)N[C@@]1(C(F)(F)F)C(=O)Nc2c1c(=O)[nH]c(=O)n2-c1ccc(C)c(C)c1. The third kappa shape index (κ3) is 3.57. The van der Waals surface area contributed by atoms with Crippen molar-refractivity contribution in [3.63, 3.8) is 0 Å². The summed E-state index contributed by atoms with van der Waals surface area (Å²) in [6.45, 7) is 3.52. The summed E-state index contributed by atoms with van der Waals surface area (Å²) >= 11 is 0. The number of benzene rings is 2. The Morgan fingerprint density at radius 3 is 2.37 bits per heavy atom. The maximum Gasteiger partial charge on any atom is 0.425 e.